The molecule has 2 unspecified atom stereocenters. The predicted molar refractivity (Wildman–Crippen MR) is 78.5 cm³/mol. The molecule has 1 aliphatic heterocycles. The summed E-state index contributed by atoms with van der Waals surface area (Å²) in [4.78, 5) is 1.23. The van der Waals surface area contributed by atoms with E-state index in [-0.39, 0.29) is 6.61 Å². The molecule has 0 aliphatic carbocycles. The first-order valence-corrected chi connectivity index (χ1v) is 7.87. The highest BCUT2D eigenvalue weighted by molar-refractivity contribution is 7.99. The molecule has 1 aromatic rings. The molecule has 0 aromatic heterocycles. The minimum absolute atomic E-state index is 0.273. The molecule has 0 radical (unpaired) electrons. The molecule has 2 rings (SSSR count). The Morgan fingerprint density at radius 2 is 2.39 bits per heavy atom. The van der Waals surface area contributed by atoms with Gasteiger partial charge >= 0.3 is 0 Å². The molecule has 1 heterocycles. The molecule has 0 saturated heterocycles. The van der Waals surface area contributed by atoms with Gasteiger partial charge in [-0.05, 0) is 43.6 Å². The topological polar surface area (TPSA) is 32.3 Å². The Labute approximate surface area is 118 Å². The zero-order valence-electron chi connectivity index (χ0n) is 10.7. The van der Waals surface area contributed by atoms with Crippen LogP contribution in [0.2, 0.25) is 5.02 Å². The van der Waals surface area contributed by atoms with Gasteiger partial charge in [-0.25, -0.2) is 0 Å². The number of thioether (sulfide) groups is 1. The van der Waals surface area contributed by atoms with E-state index in [2.05, 4.69) is 18.3 Å². The summed E-state index contributed by atoms with van der Waals surface area (Å²) in [6, 6.07) is 6.99. The fraction of sp³-hybridized carbons (Fsp3) is 0.571. The summed E-state index contributed by atoms with van der Waals surface area (Å²) in [5.74, 6) is 1.11. The number of hydrogen-bond acceptors (Lipinski definition) is 3. The van der Waals surface area contributed by atoms with E-state index in [9.17, 15) is 0 Å². The van der Waals surface area contributed by atoms with Crippen molar-refractivity contribution in [2.75, 3.05) is 12.4 Å². The highest BCUT2D eigenvalue weighted by Crippen LogP contribution is 2.40. The molecule has 0 bridgehead atoms. The second kappa shape index (κ2) is 6.80. The van der Waals surface area contributed by atoms with E-state index in [1.807, 2.05) is 23.9 Å². The maximum atomic E-state index is 8.87. The van der Waals surface area contributed by atoms with Crippen molar-refractivity contribution < 1.29 is 5.11 Å². The molecule has 0 saturated carbocycles. The molecule has 100 valence electrons. The minimum atomic E-state index is 0.273. The molecule has 1 aliphatic rings. The molecule has 18 heavy (non-hydrogen) atoms. The van der Waals surface area contributed by atoms with Crippen LogP contribution < -0.4 is 5.32 Å². The van der Waals surface area contributed by atoms with Crippen LogP contribution in [0.5, 0.6) is 0 Å². The third-order valence-corrected chi connectivity index (χ3v) is 4.92. The first kappa shape index (κ1) is 14.2. The lowest BCUT2D eigenvalue weighted by Crippen LogP contribution is -2.32. The van der Waals surface area contributed by atoms with Gasteiger partial charge in [0.25, 0.3) is 0 Å². The first-order valence-electron chi connectivity index (χ1n) is 6.50. The zero-order valence-corrected chi connectivity index (χ0v) is 12.2. The Kier molecular flexibility index (Phi) is 5.37. The van der Waals surface area contributed by atoms with Crippen LogP contribution in [0.1, 0.15) is 37.8 Å². The fourth-order valence-electron chi connectivity index (χ4n) is 2.38. The van der Waals surface area contributed by atoms with Crippen LogP contribution in [-0.2, 0) is 0 Å². The van der Waals surface area contributed by atoms with Crippen LogP contribution >= 0.6 is 23.4 Å². The number of fused-ring (bicyclic) bond motifs is 1. The summed E-state index contributed by atoms with van der Waals surface area (Å²) in [5, 5.41) is 13.4. The monoisotopic (exact) mass is 285 g/mol. The quantitative estimate of drug-likeness (QED) is 0.866. The van der Waals surface area contributed by atoms with Crippen molar-refractivity contribution in [2.45, 2.75) is 43.2 Å². The second-order valence-corrected chi connectivity index (χ2v) is 6.29. The Balaban J connectivity index is 2.06. The number of nitrogens with one attached hydrogen (secondary N) is 1. The third kappa shape index (κ3) is 3.41. The van der Waals surface area contributed by atoms with Crippen molar-refractivity contribution in [3.8, 4) is 0 Å². The van der Waals surface area contributed by atoms with Gasteiger partial charge < -0.3 is 10.4 Å². The number of rotatable bonds is 5. The van der Waals surface area contributed by atoms with Crippen molar-refractivity contribution in [3.63, 3.8) is 0 Å². The molecule has 2 N–H and O–H groups in total. The fourth-order valence-corrected chi connectivity index (χ4v) is 3.87. The molecular weight excluding hydrogens is 266 g/mol. The number of aliphatic hydroxyl groups is 1. The van der Waals surface area contributed by atoms with E-state index in [0.29, 0.717) is 12.1 Å². The zero-order chi connectivity index (χ0) is 13.0. The Morgan fingerprint density at radius 1 is 1.56 bits per heavy atom. The summed E-state index contributed by atoms with van der Waals surface area (Å²) < 4.78 is 0. The van der Waals surface area contributed by atoms with Gasteiger partial charge in [-0.15, -0.1) is 11.8 Å². The molecule has 2 nitrogen and oxygen atoms in total. The Bertz CT molecular complexity index is 399. The highest BCUT2D eigenvalue weighted by Gasteiger charge is 2.23. The van der Waals surface area contributed by atoms with Crippen molar-refractivity contribution in [3.05, 3.63) is 28.8 Å². The van der Waals surface area contributed by atoms with Crippen LogP contribution in [0.25, 0.3) is 0 Å². The lowest BCUT2D eigenvalue weighted by Gasteiger charge is -2.29. The van der Waals surface area contributed by atoms with Crippen LogP contribution in [0, 0.1) is 0 Å². The average molecular weight is 286 g/mol. The van der Waals surface area contributed by atoms with Gasteiger partial charge in [0, 0.05) is 23.6 Å². The second-order valence-electron chi connectivity index (χ2n) is 4.78. The molecule has 1 aromatic carbocycles. The van der Waals surface area contributed by atoms with Crippen molar-refractivity contribution in [2.24, 2.45) is 0 Å². The molecular formula is C14H20ClNOS. The number of aliphatic hydroxyl groups excluding tert-OH is 1. The number of benzene rings is 1. The van der Waals surface area contributed by atoms with E-state index in [1.54, 1.807) is 0 Å². The summed E-state index contributed by atoms with van der Waals surface area (Å²) in [5.41, 5.74) is 1.33. The number of hydrogen-bond donors (Lipinski definition) is 2. The Hall–Kier alpha value is -0.220. The van der Waals surface area contributed by atoms with E-state index < -0.39 is 0 Å². The summed E-state index contributed by atoms with van der Waals surface area (Å²) >= 11 is 8.10. The maximum absolute atomic E-state index is 8.87. The molecule has 0 amide bonds. The summed E-state index contributed by atoms with van der Waals surface area (Å²) in [6.45, 7) is 2.45. The molecule has 4 heteroatoms. The van der Waals surface area contributed by atoms with Crippen LogP contribution in [0.4, 0.5) is 0 Å². The number of halogens is 1. The van der Waals surface area contributed by atoms with Gasteiger partial charge in [0.15, 0.2) is 0 Å². The van der Waals surface area contributed by atoms with Gasteiger partial charge in [0.1, 0.15) is 0 Å². The van der Waals surface area contributed by atoms with Gasteiger partial charge in [-0.2, -0.15) is 0 Å². The molecule has 2 atom stereocenters. The van der Waals surface area contributed by atoms with E-state index >= 15 is 0 Å². The van der Waals surface area contributed by atoms with Crippen LogP contribution in [0.15, 0.2) is 23.1 Å². The predicted octanol–water partition coefficient (Wildman–Crippen LogP) is 3.63. The largest absolute Gasteiger partial charge is 0.396 e. The van der Waals surface area contributed by atoms with Gasteiger partial charge in [-0.1, -0.05) is 23.7 Å². The lowest BCUT2D eigenvalue weighted by molar-refractivity contribution is 0.273. The molecule has 0 spiro atoms. The first-order chi connectivity index (χ1) is 8.72. The smallest absolute Gasteiger partial charge is 0.0545 e. The van der Waals surface area contributed by atoms with Crippen molar-refractivity contribution in [1.82, 2.24) is 5.32 Å². The summed E-state index contributed by atoms with van der Waals surface area (Å²) in [6.07, 6.45) is 3.01. The van der Waals surface area contributed by atoms with E-state index in [0.717, 1.165) is 30.0 Å². The SMILES string of the molecule is CC(CCCO)NC1CCSc2c(Cl)cccc21. The molecule has 0 fully saturated rings. The maximum Gasteiger partial charge on any atom is 0.0545 e. The van der Waals surface area contributed by atoms with E-state index in [1.165, 1.54) is 10.5 Å². The average Bonchev–Trinajstić information content (AvgIpc) is 2.38. The minimum Gasteiger partial charge on any atom is -0.396 e. The van der Waals surface area contributed by atoms with Crippen LogP contribution in [0.3, 0.4) is 0 Å². The normalized spacial score (nSPS) is 20.5. The van der Waals surface area contributed by atoms with E-state index in [4.69, 9.17) is 16.7 Å². The lowest BCUT2D eigenvalue weighted by atomic mass is 10.0. The van der Waals surface area contributed by atoms with Gasteiger partial charge in [-0.3, -0.25) is 0 Å². The summed E-state index contributed by atoms with van der Waals surface area (Å²) in [7, 11) is 0. The van der Waals surface area contributed by atoms with Gasteiger partial charge in [0.05, 0.1) is 5.02 Å². The standard InChI is InChI=1S/C14H20ClNOS/c1-10(4-3-8-17)16-13-7-9-18-14-11(13)5-2-6-12(14)15/h2,5-6,10,13,16-17H,3-4,7-9H2,1H3. The Morgan fingerprint density at radius 3 is 3.17 bits per heavy atom. The van der Waals surface area contributed by atoms with Crippen LogP contribution in [-0.4, -0.2) is 23.5 Å². The highest BCUT2D eigenvalue weighted by atomic mass is 35.5. The third-order valence-electron chi connectivity index (χ3n) is 3.31. The van der Waals surface area contributed by atoms with Crippen molar-refractivity contribution >= 4 is 23.4 Å². The van der Waals surface area contributed by atoms with Crippen molar-refractivity contribution in [1.29, 1.82) is 0 Å². The van der Waals surface area contributed by atoms with Gasteiger partial charge in [0.2, 0.25) is 0 Å².